The number of likely N-dealkylation sites (tertiary alicyclic amines) is 1. The molecular weight excluding hydrogens is 308 g/mol. The van der Waals surface area contributed by atoms with Crippen molar-refractivity contribution in [3.63, 3.8) is 0 Å². The molecule has 4 amide bonds. The number of nitrogens with zero attached hydrogens (tertiary/aromatic N) is 2. The normalized spacial score (nSPS) is 33.4. The zero-order valence-corrected chi connectivity index (χ0v) is 14.4. The van der Waals surface area contributed by atoms with Crippen LogP contribution in [0.2, 0.25) is 0 Å². The number of carbonyl (C=O) groups excluding carboxylic acids is 3. The number of amides is 4. The van der Waals surface area contributed by atoms with Gasteiger partial charge in [0, 0.05) is 19.1 Å². The standard InChI is InChI=1S/C17H28N4O3/c1-2-12-5-7-17(8-6-12)15(23)21(16(24)19-17)11-14(22)20-9-3-4-13(20)10-18/h12-13H,2-11,18H2,1H3,(H,19,24). The number of imide groups is 1. The van der Waals surface area contributed by atoms with Crippen molar-refractivity contribution in [1.82, 2.24) is 15.1 Å². The highest BCUT2D eigenvalue weighted by atomic mass is 16.2. The Morgan fingerprint density at radius 1 is 1.29 bits per heavy atom. The first-order valence-electron chi connectivity index (χ1n) is 9.14. The molecule has 3 rings (SSSR count). The van der Waals surface area contributed by atoms with E-state index in [4.69, 9.17) is 5.73 Å². The smallest absolute Gasteiger partial charge is 0.325 e. The molecule has 1 unspecified atom stereocenters. The lowest BCUT2D eigenvalue weighted by molar-refractivity contribution is -0.140. The van der Waals surface area contributed by atoms with Crippen LogP contribution in [0.5, 0.6) is 0 Å². The van der Waals surface area contributed by atoms with Gasteiger partial charge in [0.25, 0.3) is 5.91 Å². The molecule has 0 aromatic carbocycles. The summed E-state index contributed by atoms with van der Waals surface area (Å²) >= 11 is 0. The van der Waals surface area contributed by atoms with Crippen LogP contribution in [0.4, 0.5) is 4.79 Å². The molecule has 2 heterocycles. The Kier molecular flexibility index (Phi) is 4.80. The maximum atomic E-state index is 12.8. The first-order valence-corrected chi connectivity index (χ1v) is 9.14. The molecule has 3 aliphatic rings. The Morgan fingerprint density at radius 2 is 2.00 bits per heavy atom. The van der Waals surface area contributed by atoms with E-state index in [2.05, 4.69) is 12.2 Å². The second kappa shape index (κ2) is 6.70. The summed E-state index contributed by atoms with van der Waals surface area (Å²) < 4.78 is 0. The van der Waals surface area contributed by atoms with Gasteiger partial charge in [-0.15, -0.1) is 0 Å². The maximum Gasteiger partial charge on any atom is 0.325 e. The van der Waals surface area contributed by atoms with Gasteiger partial charge in [0.1, 0.15) is 12.1 Å². The second-order valence-electron chi connectivity index (χ2n) is 7.37. The molecule has 3 fully saturated rings. The van der Waals surface area contributed by atoms with Gasteiger partial charge in [0.2, 0.25) is 5.91 Å². The highest BCUT2D eigenvalue weighted by Crippen LogP contribution is 2.37. The van der Waals surface area contributed by atoms with Crippen LogP contribution in [0.1, 0.15) is 51.9 Å². The quantitative estimate of drug-likeness (QED) is 0.743. The second-order valence-corrected chi connectivity index (χ2v) is 7.37. The number of nitrogens with two attached hydrogens (primary N) is 1. The lowest BCUT2D eigenvalue weighted by atomic mass is 9.75. The van der Waals surface area contributed by atoms with Gasteiger partial charge >= 0.3 is 6.03 Å². The first-order chi connectivity index (χ1) is 11.5. The fourth-order valence-electron chi connectivity index (χ4n) is 4.37. The average molecular weight is 336 g/mol. The van der Waals surface area contributed by atoms with Crippen molar-refractivity contribution in [2.24, 2.45) is 11.7 Å². The molecule has 2 aliphatic heterocycles. The van der Waals surface area contributed by atoms with E-state index in [-0.39, 0.29) is 24.4 Å². The predicted molar refractivity (Wildman–Crippen MR) is 89.0 cm³/mol. The van der Waals surface area contributed by atoms with Crippen molar-refractivity contribution in [2.45, 2.75) is 63.5 Å². The molecule has 0 aromatic heterocycles. The Labute approximate surface area is 142 Å². The Hall–Kier alpha value is -1.63. The summed E-state index contributed by atoms with van der Waals surface area (Å²) in [4.78, 5) is 40.5. The van der Waals surface area contributed by atoms with Crippen LogP contribution in [0, 0.1) is 5.92 Å². The summed E-state index contributed by atoms with van der Waals surface area (Å²) in [7, 11) is 0. The summed E-state index contributed by atoms with van der Waals surface area (Å²) in [6, 6.07) is -0.390. The van der Waals surface area contributed by atoms with Gasteiger partial charge in [-0.05, 0) is 44.4 Å². The van der Waals surface area contributed by atoms with Gasteiger partial charge < -0.3 is 16.0 Å². The zero-order valence-electron chi connectivity index (χ0n) is 14.4. The Bertz CT molecular complexity index is 528. The summed E-state index contributed by atoms with van der Waals surface area (Å²) in [5, 5.41) is 2.88. The number of urea groups is 1. The highest BCUT2D eigenvalue weighted by Gasteiger charge is 2.52. The molecule has 1 spiro atoms. The SMILES string of the molecule is CCC1CCC2(CC1)NC(=O)N(CC(=O)N1CCCC1CN)C2=O. The highest BCUT2D eigenvalue weighted by molar-refractivity contribution is 6.09. The van der Waals surface area contributed by atoms with Gasteiger partial charge in [-0.3, -0.25) is 14.5 Å². The maximum absolute atomic E-state index is 12.8. The van der Waals surface area contributed by atoms with E-state index in [1.165, 1.54) is 0 Å². The van der Waals surface area contributed by atoms with Crippen molar-refractivity contribution < 1.29 is 14.4 Å². The van der Waals surface area contributed by atoms with Gasteiger partial charge in [0.05, 0.1) is 0 Å². The molecule has 7 heteroatoms. The van der Waals surface area contributed by atoms with Crippen LogP contribution in [0.25, 0.3) is 0 Å². The van der Waals surface area contributed by atoms with Gasteiger partial charge in [-0.1, -0.05) is 13.3 Å². The Morgan fingerprint density at radius 3 is 2.62 bits per heavy atom. The predicted octanol–water partition coefficient (Wildman–Crippen LogP) is 0.827. The number of hydrogen-bond acceptors (Lipinski definition) is 4. The number of nitrogens with one attached hydrogen (secondary N) is 1. The van der Waals surface area contributed by atoms with Crippen LogP contribution in [0.15, 0.2) is 0 Å². The fourth-order valence-corrected chi connectivity index (χ4v) is 4.37. The molecule has 24 heavy (non-hydrogen) atoms. The average Bonchev–Trinajstić information content (AvgIpc) is 3.15. The minimum absolute atomic E-state index is 0.0345. The molecule has 134 valence electrons. The van der Waals surface area contributed by atoms with Gasteiger partial charge in [0.15, 0.2) is 0 Å². The summed E-state index contributed by atoms with van der Waals surface area (Å²) in [6.07, 6.45) is 6.18. The third kappa shape index (κ3) is 2.90. The third-order valence-electron chi connectivity index (χ3n) is 6.04. The van der Waals surface area contributed by atoms with E-state index >= 15 is 0 Å². The molecule has 0 radical (unpaired) electrons. The molecule has 1 saturated carbocycles. The summed E-state index contributed by atoms with van der Waals surface area (Å²) in [5.74, 6) is 0.232. The molecule has 3 N–H and O–H groups in total. The minimum atomic E-state index is -0.776. The van der Waals surface area contributed by atoms with E-state index in [1.54, 1.807) is 4.90 Å². The van der Waals surface area contributed by atoms with Crippen LogP contribution in [-0.4, -0.2) is 58.9 Å². The van der Waals surface area contributed by atoms with E-state index in [1.807, 2.05) is 0 Å². The molecule has 1 aliphatic carbocycles. The van der Waals surface area contributed by atoms with Crippen molar-refractivity contribution in [3.05, 3.63) is 0 Å². The van der Waals surface area contributed by atoms with Crippen molar-refractivity contribution in [2.75, 3.05) is 19.6 Å². The van der Waals surface area contributed by atoms with E-state index < -0.39 is 11.6 Å². The fraction of sp³-hybridized carbons (Fsp3) is 0.824. The van der Waals surface area contributed by atoms with E-state index in [0.717, 1.165) is 37.0 Å². The van der Waals surface area contributed by atoms with E-state index in [0.29, 0.717) is 31.8 Å². The lowest BCUT2D eigenvalue weighted by Crippen LogP contribution is -2.50. The van der Waals surface area contributed by atoms with Crippen molar-refractivity contribution in [1.29, 1.82) is 0 Å². The lowest BCUT2D eigenvalue weighted by Gasteiger charge is -2.34. The molecule has 0 aromatic rings. The van der Waals surface area contributed by atoms with Crippen LogP contribution in [0.3, 0.4) is 0 Å². The summed E-state index contributed by atoms with van der Waals surface area (Å²) in [5.41, 5.74) is 4.93. The van der Waals surface area contributed by atoms with Crippen LogP contribution in [-0.2, 0) is 9.59 Å². The number of hydrogen-bond donors (Lipinski definition) is 2. The topological polar surface area (TPSA) is 95.7 Å². The molecular formula is C17H28N4O3. The first kappa shape index (κ1) is 17.2. The zero-order chi connectivity index (χ0) is 17.3. The van der Waals surface area contributed by atoms with Crippen molar-refractivity contribution >= 4 is 17.8 Å². The Balaban J connectivity index is 1.65. The monoisotopic (exact) mass is 336 g/mol. The molecule has 2 saturated heterocycles. The largest absolute Gasteiger partial charge is 0.337 e. The number of rotatable bonds is 4. The minimum Gasteiger partial charge on any atom is -0.337 e. The van der Waals surface area contributed by atoms with E-state index in [9.17, 15) is 14.4 Å². The van der Waals surface area contributed by atoms with Crippen LogP contribution < -0.4 is 11.1 Å². The number of carbonyl (C=O) groups is 3. The third-order valence-corrected chi connectivity index (χ3v) is 6.04. The molecule has 7 nitrogen and oxygen atoms in total. The van der Waals surface area contributed by atoms with Gasteiger partial charge in [-0.25, -0.2) is 4.79 Å². The molecule has 1 atom stereocenters. The summed E-state index contributed by atoms with van der Waals surface area (Å²) in [6.45, 7) is 3.08. The van der Waals surface area contributed by atoms with Crippen LogP contribution >= 0.6 is 0 Å². The van der Waals surface area contributed by atoms with Crippen molar-refractivity contribution in [3.8, 4) is 0 Å². The molecule has 0 bridgehead atoms. The van der Waals surface area contributed by atoms with Gasteiger partial charge in [-0.2, -0.15) is 0 Å².